The van der Waals surface area contributed by atoms with Gasteiger partial charge in [-0.25, -0.2) is 0 Å². The zero-order chi connectivity index (χ0) is 10.3. The molecule has 2 unspecified atom stereocenters. The number of nitrogens with one attached hydrogen (secondary N) is 1. The highest BCUT2D eigenvalue weighted by atomic mass is 31.0. The van der Waals surface area contributed by atoms with Gasteiger partial charge in [-0.15, -0.1) is 9.24 Å². The number of carbonyl (C=O) groups excluding carboxylic acids is 1. The fraction of sp³-hybridized carbons (Fsp3) is 0.900. The summed E-state index contributed by atoms with van der Waals surface area (Å²) < 4.78 is 0. The number of rotatable bonds is 6. The van der Waals surface area contributed by atoms with E-state index in [1.165, 1.54) is 0 Å². The second kappa shape index (κ2) is 7.32. The highest BCUT2D eigenvalue weighted by Gasteiger charge is 2.07. The van der Waals surface area contributed by atoms with Gasteiger partial charge in [0.15, 0.2) is 0 Å². The molecule has 0 aromatic heterocycles. The lowest BCUT2D eigenvalue weighted by molar-refractivity contribution is -0.121. The van der Waals surface area contributed by atoms with Crippen LogP contribution >= 0.6 is 9.24 Å². The van der Waals surface area contributed by atoms with E-state index >= 15 is 0 Å². The standard InChI is InChI=1S/C10H22NOP/c1-4-8(3)6-7-9(12)11-10(13)5-2/h8,10H,4-7,13H2,1-3H3,(H,11,12)/t8?,10-/m1/s1. The third-order valence-electron chi connectivity index (χ3n) is 2.35. The summed E-state index contributed by atoms with van der Waals surface area (Å²) in [5.41, 5.74) is 0. The van der Waals surface area contributed by atoms with E-state index in [0.29, 0.717) is 12.3 Å². The van der Waals surface area contributed by atoms with Crippen LogP contribution in [-0.2, 0) is 4.79 Å². The van der Waals surface area contributed by atoms with Crippen molar-refractivity contribution in [1.82, 2.24) is 5.32 Å². The molecule has 2 nitrogen and oxygen atoms in total. The first kappa shape index (κ1) is 12.9. The molecule has 0 aromatic carbocycles. The van der Waals surface area contributed by atoms with Gasteiger partial charge in [-0.1, -0.05) is 27.2 Å². The largest absolute Gasteiger partial charge is 0.350 e. The highest BCUT2D eigenvalue weighted by Crippen LogP contribution is 2.09. The van der Waals surface area contributed by atoms with Crippen LogP contribution in [0.25, 0.3) is 0 Å². The van der Waals surface area contributed by atoms with Crippen LogP contribution in [0.4, 0.5) is 0 Å². The first-order valence-corrected chi connectivity index (χ1v) is 5.81. The second-order valence-corrected chi connectivity index (χ2v) is 4.44. The van der Waals surface area contributed by atoms with Gasteiger partial charge in [0, 0.05) is 12.2 Å². The summed E-state index contributed by atoms with van der Waals surface area (Å²) in [6, 6.07) is 0. The van der Waals surface area contributed by atoms with Crippen molar-refractivity contribution in [3.8, 4) is 0 Å². The molecule has 1 amide bonds. The first-order valence-electron chi connectivity index (χ1n) is 5.15. The van der Waals surface area contributed by atoms with Crippen LogP contribution in [0.2, 0.25) is 0 Å². The highest BCUT2D eigenvalue weighted by molar-refractivity contribution is 7.17. The third-order valence-corrected chi connectivity index (χ3v) is 2.99. The van der Waals surface area contributed by atoms with Crippen molar-refractivity contribution in [2.75, 3.05) is 0 Å². The smallest absolute Gasteiger partial charge is 0.220 e. The molecule has 78 valence electrons. The lowest BCUT2D eigenvalue weighted by Gasteiger charge is -2.12. The van der Waals surface area contributed by atoms with Crippen LogP contribution in [0.1, 0.15) is 46.5 Å². The lowest BCUT2D eigenvalue weighted by atomic mass is 10.0. The average Bonchev–Trinajstić information content (AvgIpc) is 2.13. The van der Waals surface area contributed by atoms with Crippen LogP contribution in [0.15, 0.2) is 0 Å². The fourth-order valence-corrected chi connectivity index (χ4v) is 1.15. The second-order valence-electron chi connectivity index (χ2n) is 3.63. The molecule has 3 atom stereocenters. The Morgan fingerprint density at radius 3 is 2.46 bits per heavy atom. The summed E-state index contributed by atoms with van der Waals surface area (Å²) in [5.74, 6) is 1.09. The molecule has 0 saturated carbocycles. The molecule has 0 aliphatic carbocycles. The molecule has 0 aliphatic rings. The Bertz CT molecular complexity index is 150. The van der Waals surface area contributed by atoms with Crippen LogP contribution in [0.5, 0.6) is 0 Å². The molecule has 1 N–H and O–H groups in total. The molecule has 0 bridgehead atoms. The van der Waals surface area contributed by atoms with Crippen LogP contribution in [-0.4, -0.2) is 11.7 Å². The molecular formula is C10H22NOP. The van der Waals surface area contributed by atoms with E-state index in [2.05, 4.69) is 35.3 Å². The van der Waals surface area contributed by atoms with E-state index in [-0.39, 0.29) is 11.7 Å². The Balaban J connectivity index is 3.51. The van der Waals surface area contributed by atoms with Crippen LogP contribution in [0, 0.1) is 5.92 Å². The number of amides is 1. The summed E-state index contributed by atoms with van der Waals surface area (Å²) >= 11 is 0. The lowest BCUT2D eigenvalue weighted by Crippen LogP contribution is -2.29. The van der Waals surface area contributed by atoms with E-state index in [1.54, 1.807) is 0 Å². The van der Waals surface area contributed by atoms with E-state index < -0.39 is 0 Å². The molecule has 0 aromatic rings. The summed E-state index contributed by atoms with van der Waals surface area (Å²) in [6.07, 6.45) is 3.80. The van der Waals surface area contributed by atoms with Gasteiger partial charge in [0.2, 0.25) is 5.91 Å². The number of hydrogen-bond acceptors (Lipinski definition) is 1. The Kier molecular flexibility index (Phi) is 7.26. The zero-order valence-electron chi connectivity index (χ0n) is 8.97. The number of hydrogen-bond donors (Lipinski definition) is 1. The SMILES string of the molecule is CCC(C)CCC(=O)N[C@H](P)CC. The maximum absolute atomic E-state index is 11.3. The molecule has 0 radical (unpaired) electrons. The van der Waals surface area contributed by atoms with Crippen molar-refractivity contribution < 1.29 is 4.79 Å². The van der Waals surface area contributed by atoms with Crippen molar-refractivity contribution in [1.29, 1.82) is 0 Å². The minimum atomic E-state index is 0.183. The maximum Gasteiger partial charge on any atom is 0.220 e. The summed E-state index contributed by atoms with van der Waals surface area (Å²) in [4.78, 5) is 11.3. The molecule has 3 heteroatoms. The topological polar surface area (TPSA) is 29.1 Å². The molecule has 0 heterocycles. The van der Waals surface area contributed by atoms with Gasteiger partial charge in [-0.2, -0.15) is 0 Å². The molecule has 0 fully saturated rings. The van der Waals surface area contributed by atoms with Crippen molar-refractivity contribution >= 4 is 15.1 Å². The molecular weight excluding hydrogens is 181 g/mol. The Morgan fingerprint density at radius 1 is 1.38 bits per heavy atom. The summed E-state index contributed by atoms with van der Waals surface area (Å²) in [7, 11) is 2.63. The minimum absolute atomic E-state index is 0.183. The van der Waals surface area contributed by atoms with Crippen molar-refractivity contribution in [2.24, 2.45) is 5.92 Å². The van der Waals surface area contributed by atoms with Gasteiger partial charge in [0.1, 0.15) is 0 Å². The normalized spacial score (nSPS) is 15.1. The maximum atomic E-state index is 11.3. The van der Waals surface area contributed by atoms with Gasteiger partial charge in [-0.05, 0) is 18.8 Å². The van der Waals surface area contributed by atoms with E-state index in [0.717, 1.165) is 19.3 Å². The van der Waals surface area contributed by atoms with Crippen LogP contribution in [0.3, 0.4) is 0 Å². The zero-order valence-corrected chi connectivity index (χ0v) is 10.1. The van der Waals surface area contributed by atoms with Crippen molar-refractivity contribution in [2.45, 2.75) is 52.2 Å². The van der Waals surface area contributed by atoms with Gasteiger partial charge in [-0.3, -0.25) is 4.79 Å². The Morgan fingerprint density at radius 2 is 2.00 bits per heavy atom. The first-order chi connectivity index (χ1) is 6.10. The molecule has 0 rings (SSSR count). The van der Waals surface area contributed by atoms with Crippen LogP contribution < -0.4 is 5.32 Å². The fourth-order valence-electron chi connectivity index (χ4n) is 0.963. The predicted molar refractivity (Wildman–Crippen MR) is 60.6 cm³/mol. The van der Waals surface area contributed by atoms with Gasteiger partial charge in [0.05, 0.1) is 0 Å². The Labute approximate surface area is 84.1 Å². The van der Waals surface area contributed by atoms with E-state index in [4.69, 9.17) is 0 Å². The predicted octanol–water partition coefficient (Wildman–Crippen LogP) is 2.54. The van der Waals surface area contributed by atoms with E-state index in [1.807, 2.05) is 0 Å². The minimum Gasteiger partial charge on any atom is -0.350 e. The monoisotopic (exact) mass is 203 g/mol. The van der Waals surface area contributed by atoms with Gasteiger partial charge in [0.25, 0.3) is 0 Å². The number of carbonyl (C=O) groups is 1. The molecule has 0 saturated heterocycles. The molecule has 0 aliphatic heterocycles. The van der Waals surface area contributed by atoms with Gasteiger partial charge >= 0.3 is 0 Å². The Hall–Kier alpha value is -0.100. The quantitative estimate of drug-likeness (QED) is 0.660. The molecule has 0 spiro atoms. The molecule has 13 heavy (non-hydrogen) atoms. The van der Waals surface area contributed by atoms with Crippen molar-refractivity contribution in [3.63, 3.8) is 0 Å². The average molecular weight is 203 g/mol. The summed E-state index contributed by atoms with van der Waals surface area (Å²) in [6.45, 7) is 6.41. The van der Waals surface area contributed by atoms with Crippen molar-refractivity contribution in [3.05, 3.63) is 0 Å². The summed E-state index contributed by atoms with van der Waals surface area (Å²) in [5, 5.41) is 2.93. The van der Waals surface area contributed by atoms with E-state index in [9.17, 15) is 4.79 Å². The van der Waals surface area contributed by atoms with Gasteiger partial charge < -0.3 is 5.32 Å². The third kappa shape index (κ3) is 7.01.